The number of carbonyl (C=O) groups is 1. The van der Waals surface area contributed by atoms with Gasteiger partial charge in [0.05, 0.1) is 6.04 Å². The van der Waals surface area contributed by atoms with Crippen molar-refractivity contribution in [3.63, 3.8) is 0 Å². The fourth-order valence-electron chi connectivity index (χ4n) is 2.73. The van der Waals surface area contributed by atoms with Crippen LogP contribution in [-0.2, 0) is 13.6 Å². The Morgan fingerprint density at radius 3 is 2.83 bits per heavy atom. The number of anilines is 1. The van der Waals surface area contributed by atoms with Crippen LogP contribution in [0.3, 0.4) is 0 Å². The van der Waals surface area contributed by atoms with Gasteiger partial charge in [-0.2, -0.15) is 0 Å². The average molecular weight is 326 g/mol. The third-order valence-electron chi connectivity index (χ3n) is 4.03. The Morgan fingerprint density at radius 1 is 1.33 bits per heavy atom. The molecule has 1 aliphatic rings. The predicted molar refractivity (Wildman–Crippen MR) is 92.6 cm³/mol. The Labute approximate surface area is 141 Å². The second-order valence-electron chi connectivity index (χ2n) is 5.90. The number of amides is 2. The van der Waals surface area contributed by atoms with Gasteiger partial charge in [0.15, 0.2) is 5.82 Å². The smallest absolute Gasteiger partial charge is 0.315 e. The van der Waals surface area contributed by atoms with Crippen molar-refractivity contribution in [3.8, 4) is 0 Å². The summed E-state index contributed by atoms with van der Waals surface area (Å²) in [6.45, 7) is 4.23. The fraction of sp³-hybridized carbons (Fsp3) is 0.353. The van der Waals surface area contributed by atoms with E-state index in [-0.39, 0.29) is 12.1 Å². The number of carbonyl (C=O) groups excluding carboxylic acids is 1. The molecule has 2 amide bonds. The average Bonchev–Trinajstić information content (AvgIpc) is 3.24. The third kappa shape index (κ3) is 3.73. The molecule has 1 aromatic carbocycles. The van der Waals surface area contributed by atoms with Crippen LogP contribution < -0.4 is 15.5 Å². The van der Waals surface area contributed by atoms with E-state index in [0.29, 0.717) is 12.4 Å². The normalized spacial score (nSPS) is 14.7. The number of aromatic nitrogens is 3. The molecule has 0 radical (unpaired) electrons. The van der Waals surface area contributed by atoms with Crippen molar-refractivity contribution in [1.82, 2.24) is 25.4 Å². The van der Waals surface area contributed by atoms with Gasteiger partial charge in [-0.1, -0.05) is 24.3 Å². The van der Waals surface area contributed by atoms with Crippen LogP contribution in [0.4, 0.5) is 10.5 Å². The Hall–Kier alpha value is -2.83. The zero-order valence-electron chi connectivity index (χ0n) is 13.9. The first-order valence-corrected chi connectivity index (χ1v) is 8.00. The molecule has 1 aliphatic heterocycles. The maximum atomic E-state index is 12.1. The first kappa shape index (κ1) is 16.0. The summed E-state index contributed by atoms with van der Waals surface area (Å²) in [7, 11) is 1.85. The molecule has 24 heavy (non-hydrogen) atoms. The third-order valence-corrected chi connectivity index (χ3v) is 4.03. The highest BCUT2D eigenvalue weighted by Gasteiger charge is 2.14. The van der Waals surface area contributed by atoms with Gasteiger partial charge in [-0.05, 0) is 24.6 Å². The molecular formula is C17H22N6O. The van der Waals surface area contributed by atoms with Crippen molar-refractivity contribution in [2.75, 3.05) is 18.0 Å². The zero-order valence-corrected chi connectivity index (χ0v) is 13.9. The number of nitrogens with zero attached hydrogens (tertiary/aromatic N) is 4. The highest BCUT2D eigenvalue weighted by atomic mass is 16.2. The number of hydrogen-bond donors (Lipinski definition) is 2. The van der Waals surface area contributed by atoms with Gasteiger partial charge in [0.1, 0.15) is 6.33 Å². The molecule has 1 aromatic heterocycles. The van der Waals surface area contributed by atoms with Crippen molar-refractivity contribution in [1.29, 1.82) is 0 Å². The Balaban J connectivity index is 1.53. The fourth-order valence-corrected chi connectivity index (χ4v) is 2.73. The van der Waals surface area contributed by atoms with Crippen molar-refractivity contribution >= 4 is 11.7 Å². The summed E-state index contributed by atoms with van der Waals surface area (Å²) >= 11 is 0. The van der Waals surface area contributed by atoms with E-state index in [1.807, 2.05) is 26.1 Å². The SMILES string of the molecule is C[C@@H](NC(=O)NCc1cccc(N2CC=CC2)c1)c1nncn1C. The van der Waals surface area contributed by atoms with E-state index >= 15 is 0 Å². The molecule has 0 spiro atoms. The topological polar surface area (TPSA) is 75.1 Å². The molecule has 0 fully saturated rings. The minimum absolute atomic E-state index is 0.209. The minimum atomic E-state index is -0.223. The van der Waals surface area contributed by atoms with Gasteiger partial charge < -0.3 is 20.1 Å². The van der Waals surface area contributed by atoms with E-state index in [2.05, 4.69) is 50.0 Å². The monoisotopic (exact) mass is 326 g/mol. The van der Waals surface area contributed by atoms with Gasteiger partial charge in [-0.15, -0.1) is 10.2 Å². The van der Waals surface area contributed by atoms with Crippen molar-refractivity contribution in [2.24, 2.45) is 7.05 Å². The summed E-state index contributed by atoms with van der Waals surface area (Å²) in [6.07, 6.45) is 5.93. The van der Waals surface area contributed by atoms with E-state index in [9.17, 15) is 4.79 Å². The molecule has 0 saturated heterocycles. The molecule has 2 N–H and O–H groups in total. The van der Waals surface area contributed by atoms with E-state index < -0.39 is 0 Å². The largest absolute Gasteiger partial charge is 0.364 e. The summed E-state index contributed by atoms with van der Waals surface area (Å²) in [4.78, 5) is 14.4. The van der Waals surface area contributed by atoms with Crippen molar-refractivity contribution < 1.29 is 4.79 Å². The number of aryl methyl sites for hydroxylation is 1. The lowest BCUT2D eigenvalue weighted by atomic mass is 10.2. The Kier molecular flexibility index (Phi) is 4.79. The second kappa shape index (κ2) is 7.16. The quantitative estimate of drug-likeness (QED) is 0.821. The summed E-state index contributed by atoms with van der Waals surface area (Å²) in [5, 5.41) is 13.6. The van der Waals surface area contributed by atoms with Gasteiger partial charge >= 0.3 is 6.03 Å². The summed E-state index contributed by atoms with van der Waals surface area (Å²) in [5.74, 6) is 0.716. The van der Waals surface area contributed by atoms with E-state index in [4.69, 9.17) is 0 Å². The van der Waals surface area contributed by atoms with Crippen LogP contribution >= 0.6 is 0 Å². The second-order valence-corrected chi connectivity index (χ2v) is 5.90. The van der Waals surface area contributed by atoms with Crippen LogP contribution in [0.5, 0.6) is 0 Å². The minimum Gasteiger partial charge on any atom is -0.364 e. The Morgan fingerprint density at radius 2 is 2.12 bits per heavy atom. The number of nitrogens with one attached hydrogen (secondary N) is 2. The maximum absolute atomic E-state index is 12.1. The molecule has 0 unspecified atom stereocenters. The highest BCUT2D eigenvalue weighted by molar-refractivity contribution is 5.74. The molecular weight excluding hydrogens is 304 g/mol. The summed E-state index contributed by atoms with van der Waals surface area (Å²) in [6, 6.07) is 7.80. The summed E-state index contributed by atoms with van der Waals surface area (Å²) in [5.41, 5.74) is 2.24. The maximum Gasteiger partial charge on any atom is 0.315 e. The lowest BCUT2D eigenvalue weighted by Gasteiger charge is -2.19. The molecule has 2 aromatic rings. The van der Waals surface area contributed by atoms with E-state index in [1.54, 1.807) is 10.9 Å². The lowest BCUT2D eigenvalue weighted by molar-refractivity contribution is 0.237. The van der Waals surface area contributed by atoms with Gasteiger partial charge in [-0.3, -0.25) is 0 Å². The first-order valence-electron chi connectivity index (χ1n) is 8.00. The number of hydrogen-bond acceptors (Lipinski definition) is 4. The molecule has 0 bridgehead atoms. The van der Waals surface area contributed by atoms with Crippen LogP contribution in [0.2, 0.25) is 0 Å². The number of benzene rings is 1. The molecule has 1 atom stereocenters. The summed E-state index contributed by atoms with van der Waals surface area (Å²) < 4.78 is 1.79. The van der Waals surface area contributed by atoms with Crippen molar-refractivity contribution in [3.05, 3.63) is 54.1 Å². The van der Waals surface area contributed by atoms with Crippen LogP contribution in [0.25, 0.3) is 0 Å². The lowest BCUT2D eigenvalue weighted by Crippen LogP contribution is -2.37. The van der Waals surface area contributed by atoms with Crippen LogP contribution in [-0.4, -0.2) is 33.9 Å². The number of rotatable bonds is 5. The zero-order chi connectivity index (χ0) is 16.9. The van der Waals surface area contributed by atoms with Crippen molar-refractivity contribution in [2.45, 2.75) is 19.5 Å². The van der Waals surface area contributed by atoms with Gasteiger partial charge in [0.2, 0.25) is 0 Å². The van der Waals surface area contributed by atoms with E-state index in [0.717, 1.165) is 18.7 Å². The van der Waals surface area contributed by atoms with Gasteiger partial charge in [0.25, 0.3) is 0 Å². The standard InChI is InChI=1S/C17H22N6O/c1-13(16-21-19-12-22(16)2)20-17(24)18-11-14-6-5-7-15(10-14)23-8-3-4-9-23/h3-7,10,12-13H,8-9,11H2,1-2H3,(H2,18,20,24)/t13-/m1/s1. The molecule has 7 nitrogen and oxygen atoms in total. The molecule has 0 aliphatic carbocycles. The van der Waals surface area contributed by atoms with Gasteiger partial charge in [0, 0.05) is 32.4 Å². The van der Waals surface area contributed by atoms with Gasteiger partial charge in [-0.25, -0.2) is 4.79 Å². The number of urea groups is 1. The predicted octanol–water partition coefficient (Wildman–Crippen LogP) is 1.75. The molecule has 0 saturated carbocycles. The molecule has 7 heteroatoms. The Bertz CT molecular complexity index is 730. The van der Waals surface area contributed by atoms with Crippen LogP contribution in [0.1, 0.15) is 24.4 Å². The molecule has 126 valence electrons. The molecule has 2 heterocycles. The highest BCUT2D eigenvalue weighted by Crippen LogP contribution is 2.18. The first-order chi connectivity index (χ1) is 11.6. The van der Waals surface area contributed by atoms with E-state index in [1.165, 1.54) is 5.69 Å². The van der Waals surface area contributed by atoms with Crippen LogP contribution in [0.15, 0.2) is 42.7 Å². The molecule has 3 rings (SSSR count). The van der Waals surface area contributed by atoms with Crippen LogP contribution in [0, 0.1) is 0 Å².